The van der Waals surface area contributed by atoms with Gasteiger partial charge in [-0.2, -0.15) is 5.10 Å². The number of hydrogen-bond donors (Lipinski definition) is 0. The molecule has 1 saturated heterocycles. The van der Waals surface area contributed by atoms with Crippen molar-refractivity contribution < 1.29 is 13.7 Å². The van der Waals surface area contributed by atoms with Gasteiger partial charge in [-0.25, -0.2) is 4.68 Å². The molecule has 0 unspecified atom stereocenters. The molecule has 112 valence electrons. The van der Waals surface area contributed by atoms with E-state index in [1.54, 1.807) is 10.9 Å². The molecule has 2 rings (SSSR count). The Morgan fingerprint density at radius 2 is 1.75 bits per heavy atom. The van der Waals surface area contributed by atoms with E-state index in [2.05, 4.69) is 24.7 Å². The molecular formula is C13H25BN2O3Si. The van der Waals surface area contributed by atoms with Crippen molar-refractivity contribution >= 4 is 20.9 Å². The first kappa shape index (κ1) is 15.8. The minimum Gasteiger partial charge on any atom is -0.399 e. The predicted molar refractivity (Wildman–Crippen MR) is 82.4 cm³/mol. The smallest absolute Gasteiger partial charge is 0.399 e. The average molecular weight is 296 g/mol. The average Bonchev–Trinajstić information content (AvgIpc) is 2.79. The van der Waals surface area contributed by atoms with Crippen LogP contribution in [0.5, 0.6) is 0 Å². The van der Waals surface area contributed by atoms with Gasteiger partial charge in [0.2, 0.25) is 0 Å². The summed E-state index contributed by atoms with van der Waals surface area (Å²) in [5.74, 6) is 0. The molecule has 5 nitrogen and oxygen atoms in total. The molecule has 1 aliphatic heterocycles. The highest BCUT2D eigenvalue weighted by Gasteiger charge is 2.52. The molecule has 1 aromatic rings. The molecule has 0 aromatic carbocycles. The normalized spacial score (nSPS) is 21.4. The van der Waals surface area contributed by atoms with Crippen LogP contribution in [0.1, 0.15) is 27.7 Å². The third kappa shape index (κ3) is 3.33. The van der Waals surface area contributed by atoms with Gasteiger partial charge in [0.1, 0.15) is 6.73 Å². The summed E-state index contributed by atoms with van der Waals surface area (Å²) in [6.07, 6.45) is 3.72. The van der Waals surface area contributed by atoms with Crippen molar-refractivity contribution in [2.45, 2.75) is 65.3 Å². The lowest BCUT2D eigenvalue weighted by Crippen LogP contribution is -2.41. The van der Waals surface area contributed by atoms with Gasteiger partial charge < -0.3 is 13.7 Å². The lowest BCUT2D eigenvalue weighted by Gasteiger charge is -2.32. The Morgan fingerprint density at radius 1 is 1.20 bits per heavy atom. The summed E-state index contributed by atoms with van der Waals surface area (Å²) >= 11 is 0. The first-order chi connectivity index (χ1) is 9.00. The zero-order valence-corrected chi connectivity index (χ0v) is 14.6. The van der Waals surface area contributed by atoms with E-state index in [9.17, 15) is 0 Å². The predicted octanol–water partition coefficient (Wildman–Crippen LogP) is 1.99. The summed E-state index contributed by atoms with van der Waals surface area (Å²) in [5.41, 5.74) is 0.284. The largest absolute Gasteiger partial charge is 0.498 e. The van der Waals surface area contributed by atoms with Gasteiger partial charge in [0.05, 0.1) is 11.2 Å². The molecule has 0 N–H and O–H groups in total. The topological polar surface area (TPSA) is 45.5 Å². The van der Waals surface area contributed by atoms with Crippen LogP contribution in [-0.2, 0) is 20.5 Å². The van der Waals surface area contributed by atoms with E-state index < -0.39 is 8.32 Å². The molecule has 0 radical (unpaired) electrons. The van der Waals surface area contributed by atoms with Gasteiger partial charge in [-0.15, -0.1) is 0 Å². The Bertz CT molecular complexity index is 466. The van der Waals surface area contributed by atoms with E-state index in [1.807, 2.05) is 33.9 Å². The Balaban J connectivity index is 2.04. The van der Waals surface area contributed by atoms with Crippen LogP contribution in [0, 0.1) is 0 Å². The maximum atomic E-state index is 6.00. The zero-order chi connectivity index (χ0) is 15.2. The van der Waals surface area contributed by atoms with Crippen LogP contribution in [0.25, 0.3) is 0 Å². The fraction of sp³-hybridized carbons (Fsp3) is 0.769. The van der Waals surface area contributed by atoms with E-state index in [4.69, 9.17) is 13.7 Å². The van der Waals surface area contributed by atoms with E-state index in [0.29, 0.717) is 6.73 Å². The molecule has 0 bridgehead atoms. The van der Waals surface area contributed by atoms with E-state index >= 15 is 0 Å². The number of rotatable bonds is 4. The minimum atomic E-state index is -1.53. The summed E-state index contributed by atoms with van der Waals surface area (Å²) in [7, 11) is -1.89. The molecule has 2 heterocycles. The second-order valence-electron chi connectivity index (χ2n) is 7.29. The summed E-state index contributed by atoms with van der Waals surface area (Å²) < 4.78 is 19.6. The maximum absolute atomic E-state index is 6.00. The summed E-state index contributed by atoms with van der Waals surface area (Å²) in [6.45, 7) is 15.1. The van der Waals surface area contributed by atoms with Crippen LogP contribution < -0.4 is 5.46 Å². The molecule has 0 saturated carbocycles. The molecule has 0 aliphatic carbocycles. The molecule has 1 fully saturated rings. The standard InChI is InChI=1S/C13H25BN2O3Si/c1-12(2)13(3,4)19-14(18-12)11-8-15-16(9-11)10-17-20(5,6)7/h8-9H,10H2,1-7H3. The van der Waals surface area contributed by atoms with Crippen molar-refractivity contribution in [2.75, 3.05) is 0 Å². The number of hydrogen-bond acceptors (Lipinski definition) is 4. The first-order valence-corrected chi connectivity index (χ1v) is 10.4. The quantitative estimate of drug-likeness (QED) is 0.797. The summed E-state index contributed by atoms with van der Waals surface area (Å²) in [4.78, 5) is 0. The van der Waals surface area contributed by atoms with Crippen LogP contribution in [0.2, 0.25) is 19.6 Å². The Hall–Kier alpha value is -0.628. The van der Waals surface area contributed by atoms with Gasteiger partial charge in [0.25, 0.3) is 0 Å². The van der Waals surface area contributed by atoms with Crippen molar-refractivity contribution in [1.29, 1.82) is 0 Å². The number of nitrogens with zero attached hydrogens (tertiary/aromatic N) is 2. The zero-order valence-electron chi connectivity index (χ0n) is 13.6. The van der Waals surface area contributed by atoms with Crippen LogP contribution in [0.15, 0.2) is 12.4 Å². The van der Waals surface area contributed by atoms with Gasteiger partial charge in [-0.05, 0) is 47.3 Å². The molecular weight excluding hydrogens is 271 g/mol. The van der Waals surface area contributed by atoms with Gasteiger partial charge in [-0.1, -0.05) is 0 Å². The highest BCUT2D eigenvalue weighted by Crippen LogP contribution is 2.36. The monoisotopic (exact) mass is 296 g/mol. The molecule has 0 atom stereocenters. The third-order valence-electron chi connectivity index (χ3n) is 3.81. The lowest BCUT2D eigenvalue weighted by molar-refractivity contribution is 0.00578. The van der Waals surface area contributed by atoms with Crippen molar-refractivity contribution in [2.24, 2.45) is 0 Å². The highest BCUT2D eigenvalue weighted by molar-refractivity contribution is 6.69. The Kier molecular flexibility index (Phi) is 3.92. The molecule has 1 aromatic heterocycles. The number of aromatic nitrogens is 2. The molecule has 0 amide bonds. The van der Waals surface area contributed by atoms with Crippen LogP contribution in [0.3, 0.4) is 0 Å². The highest BCUT2D eigenvalue weighted by atomic mass is 28.4. The van der Waals surface area contributed by atoms with Gasteiger partial charge in [0, 0.05) is 17.9 Å². The fourth-order valence-electron chi connectivity index (χ4n) is 1.81. The summed E-state index contributed by atoms with van der Waals surface area (Å²) in [6, 6.07) is 0. The second-order valence-corrected chi connectivity index (χ2v) is 11.8. The SMILES string of the molecule is CC1(C)OB(c2cnn(CO[Si](C)(C)C)c2)OC1(C)C. The van der Waals surface area contributed by atoms with E-state index in [-0.39, 0.29) is 18.3 Å². The van der Waals surface area contributed by atoms with Crippen molar-refractivity contribution in [3.63, 3.8) is 0 Å². The van der Waals surface area contributed by atoms with Gasteiger partial charge >= 0.3 is 7.12 Å². The van der Waals surface area contributed by atoms with Crippen LogP contribution in [0.4, 0.5) is 0 Å². The van der Waals surface area contributed by atoms with Crippen molar-refractivity contribution in [1.82, 2.24) is 9.78 Å². The molecule has 20 heavy (non-hydrogen) atoms. The molecule has 0 spiro atoms. The van der Waals surface area contributed by atoms with Crippen LogP contribution >= 0.6 is 0 Å². The minimum absolute atomic E-state index is 0.325. The van der Waals surface area contributed by atoms with Crippen molar-refractivity contribution in [3.8, 4) is 0 Å². The first-order valence-electron chi connectivity index (χ1n) is 7.02. The Labute approximate surface area is 122 Å². The van der Waals surface area contributed by atoms with Gasteiger partial charge in [0.15, 0.2) is 8.32 Å². The summed E-state index contributed by atoms with van der Waals surface area (Å²) in [5, 5.41) is 4.31. The van der Waals surface area contributed by atoms with Crippen LogP contribution in [-0.4, -0.2) is 36.4 Å². The van der Waals surface area contributed by atoms with E-state index in [0.717, 1.165) is 5.46 Å². The maximum Gasteiger partial charge on any atom is 0.498 e. The second kappa shape index (κ2) is 4.98. The fourth-order valence-corrected chi connectivity index (χ4v) is 2.33. The third-order valence-corrected chi connectivity index (χ3v) is 4.80. The Morgan fingerprint density at radius 3 is 2.25 bits per heavy atom. The molecule has 7 heteroatoms. The van der Waals surface area contributed by atoms with Crippen molar-refractivity contribution in [3.05, 3.63) is 12.4 Å². The van der Waals surface area contributed by atoms with E-state index in [1.165, 1.54) is 0 Å². The lowest BCUT2D eigenvalue weighted by atomic mass is 9.82. The van der Waals surface area contributed by atoms with Gasteiger partial charge in [-0.3, -0.25) is 0 Å². The molecule has 1 aliphatic rings.